The highest BCUT2D eigenvalue weighted by Gasteiger charge is 2.07. The van der Waals surface area contributed by atoms with Gasteiger partial charge in [-0.2, -0.15) is 0 Å². The van der Waals surface area contributed by atoms with Crippen molar-refractivity contribution < 1.29 is 24.2 Å². The molecular formula is C19H20N2O5. The number of carbonyl (C=O) groups is 2. The molecule has 0 saturated carbocycles. The molecule has 0 unspecified atom stereocenters. The number of benzene rings is 2. The summed E-state index contributed by atoms with van der Waals surface area (Å²) in [5.41, 5.74) is 1.20. The Bertz CT molecular complexity index is 817. The molecule has 0 bridgehead atoms. The number of methoxy groups -OCH3 is 2. The third kappa shape index (κ3) is 5.27. The fourth-order valence-electron chi connectivity index (χ4n) is 2.14. The molecule has 2 aromatic carbocycles. The van der Waals surface area contributed by atoms with Gasteiger partial charge < -0.3 is 25.2 Å². The first-order chi connectivity index (χ1) is 12.5. The van der Waals surface area contributed by atoms with Gasteiger partial charge in [0.25, 0.3) is 0 Å². The van der Waals surface area contributed by atoms with Crippen LogP contribution in [-0.2, 0) is 9.59 Å². The first-order valence-electron chi connectivity index (χ1n) is 7.79. The minimum atomic E-state index is -0.424. The van der Waals surface area contributed by atoms with E-state index in [-0.39, 0.29) is 18.2 Å². The first kappa shape index (κ1) is 18.9. The van der Waals surface area contributed by atoms with Crippen molar-refractivity contribution in [1.82, 2.24) is 5.32 Å². The second kappa shape index (κ2) is 9.12. The number of phenolic OH excluding ortho intramolecular Hbond substituents is 1. The van der Waals surface area contributed by atoms with Crippen LogP contribution in [0.5, 0.6) is 17.2 Å². The normalized spacial score (nSPS) is 10.4. The minimum Gasteiger partial charge on any atom is -0.504 e. The van der Waals surface area contributed by atoms with Crippen LogP contribution in [0, 0.1) is 0 Å². The Morgan fingerprint density at radius 3 is 2.54 bits per heavy atom. The van der Waals surface area contributed by atoms with Gasteiger partial charge in [-0.15, -0.1) is 0 Å². The van der Waals surface area contributed by atoms with E-state index in [0.717, 1.165) is 0 Å². The molecule has 0 aliphatic heterocycles. The van der Waals surface area contributed by atoms with Crippen LogP contribution in [0.1, 0.15) is 5.56 Å². The second-order valence-corrected chi connectivity index (χ2v) is 5.23. The molecule has 0 aromatic heterocycles. The quantitative estimate of drug-likeness (QED) is 0.661. The molecule has 7 heteroatoms. The van der Waals surface area contributed by atoms with Crippen LogP contribution < -0.4 is 20.1 Å². The van der Waals surface area contributed by atoms with E-state index in [9.17, 15) is 14.7 Å². The van der Waals surface area contributed by atoms with Crippen molar-refractivity contribution in [3.05, 3.63) is 54.1 Å². The van der Waals surface area contributed by atoms with E-state index < -0.39 is 5.91 Å². The van der Waals surface area contributed by atoms with Gasteiger partial charge in [-0.3, -0.25) is 9.59 Å². The van der Waals surface area contributed by atoms with E-state index >= 15 is 0 Å². The lowest BCUT2D eigenvalue weighted by Gasteiger charge is -2.09. The molecule has 0 aliphatic carbocycles. The average molecular weight is 356 g/mol. The summed E-state index contributed by atoms with van der Waals surface area (Å²) in [6, 6.07) is 11.7. The van der Waals surface area contributed by atoms with Gasteiger partial charge in [0, 0.05) is 6.08 Å². The van der Waals surface area contributed by atoms with Crippen molar-refractivity contribution in [3.63, 3.8) is 0 Å². The summed E-state index contributed by atoms with van der Waals surface area (Å²) in [5, 5.41) is 14.7. The average Bonchev–Trinajstić information content (AvgIpc) is 2.66. The van der Waals surface area contributed by atoms with E-state index in [2.05, 4.69) is 10.6 Å². The molecule has 2 amide bonds. The number of anilines is 1. The fraction of sp³-hybridized carbons (Fsp3) is 0.158. The molecule has 2 aromatic rings. The van der Waals surface area contributed by atoms with Crippen LogP contribution in [0.3, 0.4) is 0 Å². The Morgan fingerprint density at radius 1 is 1.08 bits per heavy atom. The number of carbonyl (C=O) groups excluding carboxylic acids is 2. The predicted molar refractivity (Wildman–Crippen MR) is 98.3 cm³/mol. The SMILES string of the molecule is COc1cc(/C=C/C(=O)NCC(=O)Nc2ccccc2OC)ccc1O. The third-order valence-electron chi connectivity index (χ3n) is 3.44. The highest BCUT2D eigenvalue weighted by Crippen LogP contribution is 2.26. The van der Waals surface area contributed by atoms with E-state index in [1.54, 1.807) is 42.5 Å². The van der Waals surface area contributed by atoms with Crippen molar-refractivity contribution in [2.75, 3.05) is 26.1 Å². The zero-order valence-corrected chi connectivity index (χ0v) is 14.5. The van der Waals surface area contributed by atoms with Gasteiger partial charge >= 0.3 is 0 Å². The molecule has 0 fully saturated rings. The molecule has 0 aliphatic rings. The lowest BCUT2D eigenvalue weighted by atomic mass is 10.2. The van der Waals surface area contributed by atoms with Crippen molar-refractivity contribution in [2.45, 2.75) is 0 Å². The minimum absolute atomic E-state index is 0.0158. The maximum atomic E-state index is 11.9. The van der Waals surface area contributed by atoms with Crippen molar-refractivity contribution >= 4 is 23.6 Å². The monoisotopic (exact) mass is 356 g/mol. The number of para-hydroxylation sites is 2. The Morgan fingerprint density at radius 2 is 1.81 bits per heavy atom. The van der Waals surface area contributed by atoms with Crippen LogP contribution in [0.4, 0.5) is 5.69 Å². The first-order valence-corrected chi connectivity index (χ1v) is 7.79. The number of amides is 2. The molecule has 26 heavy (non-hydrogen) atoms. The van der Waals surface area contributed by atoms with Crippen molar-refractivity contribution in [1.29, 1.82) is 0 Å². The Balaban J connectivity index is 1.87. The van der Waals surface area contributed by atoms with E-state index in [1.165, 1.54) is 26.4 Å². The molecule has 0 radical (unpaired) electrons. The van der Waals surface area contributed by atoms with E-state index in [0.29, 0.717) is 22.7 Å². The van der Waals surface area contributed by atoms with Crippen LogP contribution in [-0.4, -0.2) is 37.7 Å². The smallest absolute Gasteiger partial charge is 0.244 e. The summed E-state index contributed by atoms with van der Waals surface area (Å²) >= 11 is 0. The highest BCUT2D eigenvalue weighted by molar-refractivity contribution is 5.98. The maximum absolute atomic E-state index is 11.9. The number of rotatable bonds is 7. The van der Waals surface area contributed by atoms with Gasteiger partial charge in [0.2, 0.25) is 11.8 Å². The van der Waals surface area contributed by atoms with Crippen molar-refractivity contribution in [3.8, 4) is 17.2 Å². The summed E-state index contributed by atoms with van der Waals surface area (Å²) in [6.07, 6.45) is 2.84. The second-order valence-electron chi connectivity index (χ2n) is 5.23. The topological polar surface area (TPSA) is 96.9 Å². The molecular weight excluding hydrogens is 336 g/mol. The zero-order chi connectivity index (χ0) is 18.9. The maximum Gasteiger partial charge on any atom is 0.244 e. The molecule has 3 N–H and O–H groups in total. The molecule has 2 rings (SSSR count). The highest BCUT2D eigenvalue weighted by atomic mass is 16.5. The summed E-state index contributed by atoms with van der Waals surface area (Å²) in [5.74, 6) is 0.0639. The predicted octanol–water partition coefficient (Wildman–Crippen LogP) is 2.18. The lowest BCUT2D eigenvalue weighted by Crippen LogP contribution is -2.31. The Labute approximate surface area is 151 Å². The van der Waals surface area contributed by atoms with Crippen LogP contribution in [0.15, 0.2) is 48.5 Å². The molecule has 7 nitrogen and oxygen atoms in total. The van der Waals surface area contributed by atoms with Gasteiger partial charge in [0.1, 0.15) is 5.75 Å². The van der Waals surface area contributed by atoms with Gasteiger partial charge in [-0.1, -0.05) is 18.2 Å². The van der Waals surface area contributed by atoms with Gasteiger partial charge in [-0.25, -0.2) is 0 Å². The summed E-state index contributed by atoms with van der Waals surface area (Å²) in [7, 11) is 2.95. The van der Waals surface area contributed by atoms with E-state index in [4.69, 9.17) is 9.47 Å². The van der Waals surface area contributed by atoms with E-state index in [1.807, 2.05) is 0 Å². The molecule has 0 heterocycles. The van der Waals surface area contributed by atoms with Crippen LogP contribution >= 0.6 is 0 Å². The molecule has 0 spiro atoms. The molecule has 136 valence electrons. The van der Waals surface area contributed by atoms with Crippen molar-refractivity contribution in [2.24, 2.45) is 0 Å². The zero-order valence-electron chi connectivity index (χ0n) is 14.5. The standard InChI is InChI=1S/C19H20N2O5/c1-25-16-6-4-3-5-14(16)21-19(24)12-20-18(23)10-8-13-7-9-15(22)17(11-13)26-2/h3-11,22H,12H2,1-2H3,(H,20,23)(H,21,24)/b10-8+. The molecule has 0 atom stereocenters. The number of aromatic hydroxyl groups is 1. The van der Waals surface area contributed by atoms with Crippen LogP contribution in [0.2, 0.25) is 0 Å². The number of ether oxygens (including phenoxy) is 2. The third-order valence-corrected chi connectivity index (χ3v) is 3.44. The largest absolute Gasteiger partial charge is 0.504 e. The Hall–Kier alpha value is -3.48. The number of hydrogen-bond acceptors (Lipinski definition) is 5. The summed E-state index contributed by atoms with van der Waals surface area (Å²) in [4.78, 5) is 23.8. The number of hydrogen-bond donors (Lipinski definition) is 3. The van der Waals surface area contributed by atoms with Gasteiger partial charge in [-0.05, 0) is 35.9 Å². The lowest BCUT2D eigenvalue weighted by molar-refractivity contribution is -0.121. The molecule has 0 saturated heterocycles. The fourth-order valence-corrected chi connectivity index (χ4v) is 2.14. The van der Waals surface area contributed by atoms with Gasteiger partial charge in [0.15, 0.2) is 11.5 Å². The summed E-state index contributed by atoms with van der Waals surface area (Å²) in [6.45, 7) is -0.180. The van der Waals surface area contributed by atoms with Crippen LogP contribution in [0.25, 0.3) is 6.08 Å². The number of phenols is 1. The number of nitrogens with one attached hydrogen (secondary N) is 2. The summed E-state index contributed by atoms with van der Waals surface area (Å²) < 4.78 is 10.1. The van der Waals surface area contributed by atoms with Gasteiger partial charge in [0.05, 0.1) is 26.5 Å². The Kier molecular flexibility index (Phi) is 6.61.